The van der Waals surface area contributed by atoms with Crippen LogP contribution in [0.1, 0.15) is 52.5 Å². The molecule has 35 heavy (non-hydrogen) atoms. The summed E-state index contributed by atoms with van der Waals surface area (Å²) in [5.74, 6) is -4.98. The fourth-order valence-electron chi connectivity index (χ4n) is 4.25. The maximum absolute atomic E-state index is 13.6. The van der Waals surface area contributed by atoms with Gasteiger partial charge in [0.15, 0.2) is 0 Å². The first-order valence-electron chi connectivity index (χ1n) is 11.5. The van der Waals surface area contributed by atoms with E-state index in [4.69, 9.17) is 27.9 Å². The number of alkyl halides is 3. The zero-order valence-corrected chi connectivity index (χ0v) is 21.7. The number of allylic oxidation sites excluding steroid dienone is 4. The lowest BCUT2D eigenvalue weighted by Crippen LogP contribution is -2.40. The van der Waals surface area contributed by atoms with Crippen LogP contribution in [0.25, 0.3) is 0 Å². The molecule has 0 spiro atoms. The highest BCUT2D eigenvalue weighted by Crippen LogP contribution is 2.50. The van der Waals surface area contributed by atoms with Crippen molar-refractivity contribution < 1.29 is 27.5 Å². The van der Waals surface area contributed by atoms with Crippen molar-refractivity contribution in [3.63, 3.8) is 0 Å². The minimum Gasteiger partial charge on any atom is -0.460 e. The quantitative estimate of drug-likeness (QED) is 0.371. The molecule has 2 aliphatic rings. The van der Waals surface area contributed by atoms with Gasteiger partial charge in [0, 0.05) is 5.03 Å². The van der Waals surface area contributed by atoms with Crippen LogP contribution in [-0.4, -0.2) is 23.7 Å². The smallest absolute Gasteiger partial charge is 0.392 e. The summed E-state index contributed by atoms with van der Waals surface area (Å²) in [5.41, 5.74) is -0.292. The first-order chi connectivity index (χ1) is 16.1. The monoisotopic (exact) mass is 531 g/mol. The SMILES string of the molecule is C[C@H]([C@H](C(=O)Nc1cc(CC2(C(=O)OC(C)(C)C)CC2)ccc1Cl)C1C=CC(Cl)=CC1)C(F)(F)F. The van der Waals surface area contributed by atoms with Crippen molar-refractivity contribution in [2.24, 2.45) is 23.2 Å². The number of hydrogen-bond acceptors (Lipinski definition) is 3. The number of nitrogens with one attached hydrogen (secondary N) is 1. The van der Waals surface area contributed by atoms with Gasteiger partial charge in [0.2, 0.25) is 5.91 Å². The molecule has 0 saturated heterocycles. The van der Waals surface area contributed by atoms with Gasteiger partial charge >= 0.3 is 12.1 Å². The number of halogens is 5. The Hall–Kier alpha value is -1.99. The molecular formula is C26H30Cl2F3NO3. The van der Waals surface area contributed by atoms with Crippen molar-refractivity contribution in [2.45, 2.75) is 65.2 Å². The predicted molar refractivity (Wildman–Crippen MR) is 131 cm³/mol. The summed E-state index contributed by atoms with van der Waals surface area (Å²) in [4.78, 5) is 25.9. The molecule has 1 fully saturated rings. The van der Waals surface area contributed by atoms with Crippen molar-refractivity contribution in [1.29, 1.82) is 0 Å². The number of ether oxygens (including phenoxy) is 1. The highest BCUT2D eigenvalue weighted by Gasteiger charge is 2.52. The minimum atomic E-state index is -4.56. The van der Waals surface area contributed by atoms with Gasteiger partial charge in [-0.05, 0) is 76.1 Å². The van der Waals surface area contributed by atoms with Crippen LogP contribution in [0.5, 0.6) is 0 Å². The summed E-state index contributed by atoms with van der Waals surface area (Å²) in [5, 5.41) is 3.24. The molecular weight excluding hydrogens is 502 g/mol. The van der Waals surface area contributed by atoms with Gasteiger partial charge in [-0.2, -0.15) is 13.2 Å². The first-order valence-corrected chi connectivity index (χ1v) is 12.3. The van der Waals surface area contributed by atoms with Gasteiger partial charge < -0.3 is 10.1 Å². The van der Waals surface area contributed by atoms with Gasteiger partial charge in [0.05, 0.1) is 28.0 Å². The number of esters is 1. The summed E-state index contributed by atoms with van der Waals surface area (Å²) < 4.78 is 46.5. The topological polar surface area (TPSA) is 55.4 Å². The molecule has 1 unspecified atom stereocenters. The van der Waals surface area contributed by atoms with E-state index >= 15 is 0 Å². The van der Waals surface area contributed by atoms with E-state index in [1.54, 1.807) is 51.1 Å². The third-order valence-electron chi connectivity index (χ3n) is 6.42. The maximum Gasteiger partial charge on any atom is 0.392 e. The van der Waals surface area contributed by atoms with E-state index in [0.29, 0.717) is 24.3 Å². The predicted octanol–water partition coefficient (Wildman–Crippen LogP) is 7.46. The average molecular weight is 532 g/mol. The molecule has 3 rings (SSSR count). The maximum atomic E-state index is 13.6. The number of amides is 1. The van der Waals surface area contributed by atoms with Gasteiger partial charge in [0.25, 0.3) is 0 Å². The number of benzene rings is 1. The molecule has 0 bridgehead atoms. The molecule has 1 N–H and O–H groups in total. The largest absolute Gasteiger partial charge is 0.460 e. The summed E-state index contributed by atoms with van der Waals surface area (Å²) in [6.07, 6.45) is 2.08. The number of hydrogen-bond donors (Lipinski definition) is 1. The normalized spacial score (nSPS) is 21.1. The van der Waals surface area contributed by atoms with Crippen LogP contribution in [-0.2, 0) is 20.7 Å². The molecule has 0 heterocycles. The molecule has 2 aliphatic carbocycles. The molecule has 0 aliphatic heterocycles. The lowest BCUT2D eigenvalue weighted by atomic mass is 9.78. The second-order valence-corrected chi connectivity index (χ2v) is 11.3. The third-order valence-corrected chi connectivity index (χ3v) is 7.03. The Balaban J connectivity index is 1.80. The van der Waals surface area contributed by atoms with Crippen LogP contribution >= 0.6 is 23.2 Å². The highest BCUT2D eigenvalue weighted by atomic mass is 35.5. The number of anilines is 1. The van der Waals surface area contributed by atoms with Gasteiger partial charge in [-0.25, -0.2) is 0 Å². The molecule has 3 atom stereocenters. The second-order valence-electron chi connectivity index (χ2n) is 10.5. The molecule has 192 valence electrons. The molecule has 1 aromatic carbocycles. The van der Waals surface area contributed by atoms with Crippen LogP contribution < -0.4 is 5.32 Å². The summed E-state index contributed by atoms with van der Waals surface area (Å²) >= 11 is 12.2. The van der Waals surface area contributed by atoms with E-state index in [1.807, 2.05) is 0 Å². The minimum absolute atomic E-state index is 0.199. The summed E-state index contributed by atoms with van der Waals surface area (Å²) in [6, 6.07) is 4.94. The Kier molecular flexibility index (Phi) is 8.02. The van der Waals surface area contributed by atoms with Crippen LogP contribution in [0.3, 0.4) is 0 Å². The van der Waals surface area contributed by atoms with Crippen molar-refractivity contribution in [1.82, 2.24) is 0 Å². The van der Waals surface area contributed by atoms with E-state index < -0.39 is 40.9 Å². The summed E-state index contributed by atoms with van der Waals surface area (Å²) in [6.45, 7) is 6.43. The van der Waals surface area contributed by atoms with Crippen molar-refractivity contribution >= 4 is 40.8 Å². The Morgan fingerprint density at radius 1 is 1.20 bits per heavy atom. The van der Waals surface area contributed by atoms with E-state index in [1.165, 1.54) is 6.08 Å². The number of carbonyl (C=O) groups is 2. The molecule has 9 heteroatoms. The van der Waals surface area contributed by atoms with Crippen LogP contribution in [0, 0.1) is 23.2 Å². The van der Waals surface area contributed by atoms with Crippen molar-refractivity contribution in [3.05, 3.63) is 52.0 Å². The Bertz CT molecular complexity index is 1040. The fraction of sp³-hybridized carbons (Fsp3) is 0.538. The Morgan fingerprint density at radius 2 is 1.86 bits per heavy atom. The third kappa shape index (κ3) is 7.04. The highest BCUT2D eigenvalue weighted by molar-refractivity contribution is 6.33. The Morgan fingerprint density at radius 3 is 2.37 bits per heavy atom. The van der Waals surface area contributed by atoms with Crippen LogP contribution in [0.4, 0.5) is 18.9 Å². The zero-order chi connectivity index (χ0) is 26.2. The van der Waals surface area contributed by atoms with Gasteiger partial charge in [-0.1, -0.05) is 48.3 Å². The van der Waals surface area contributed by atoms with Crippen molar-refractivity contribution in [2.75, 3.05) is 5.32 Å². The molecule has 1 amide bonds. The molecule has 1 aromatic rings. The standard InChI is InChI=1S/C26H30Cl2F3NO3/c1-15(26(29,30)31)21(17-6-8-18(27)9-7-17)22(33)32-20-13-16(5-10-19(20)28)14-25(11-12-25)23(34)35-24(2,3)4/h5-6,8-10,13,15,17,21H,7,11-12,14H2,1-4H3,(H,32,33)/t15-,17?,21+/m1/s1. The number of rotatable bonds is 7. The molecule has 0 radical (unpaired) electrons. The lowest BCUT2D eigenvalue weighted by Gasteiger charge is -2.31. The average Bonchev–Trinajstić information content (AvgIpc) is 3.51. The van der Waals surface area contributed by atoms with Gasteiger partial charge in [0.1, 0.15) is 5.60 Å². The molecule has 1 saturated carbocycles. The Labute approximate surface area is 213 Å². The van der Waals surface area contributed by atoms with Crippen LogP contribution in [0.2, 0.25) is 5.02 Å². The van der Waals surface area contributed by atoms with Crippen LogP contribution in [0.15, 0.2) is 41.5 Å². The molecule has 4 nitrogen and oxygen atoms in total. The van der Waals surface area contributed by atoms with Gasteiger partial charge in [-0.3, -0.25) is 9.59 Å². The van der Waals surface area contributed by atoms with E-state index in [-0.39, 0.29) is 23.1 Å². The van der Waals surface area contributed by atoms with Crippen molar-refractivity contribution in [3.8, 4) is 0 Å². The van der Waals surface area contributed by atoms with E-state index in [2.05, 4.69) is 5.32 Å². The fourth-order valence-corrected chi connectivity index (χ4v) is 4.57. The van der Waals surface area contributed by atoms with E-state index in [0.717, 1.165) is 12.5 Å². The van der Waals surface area contributed by atoms with E-state index in [9.17, 15) is 22.8 Å². The first kappa shape index (κ1) is 27.6. The number of carbonyl (C=O) groups excluding carboxylic acids is 2. The second kappa shape index (κ2) is 10.2. The van der Waals surface area contributed by atoms with Gasteiger partial charge in [-0.15, -0.1) is 0 Å². The zero-order valence-electron chi connectivity index (χ0n) is 20.1. The molecule has 0 aromatic heterocycles. The summed E-state index contributed by atoms with van der Waals surface area (Å²) in [7, 11) is 0. The lowest BCUT2D eigenvalue weighted by molar-refractivity contribution is -0.188.